The lowest BCUT2D eigenvalue weighted by Gasteiger charge is -2.10. The number of carbonyl (C=O) groups excluding carboxylic acids is 2. The Morgan fingerprint density at radius 1 is 1.03 bits per heavy atom. The summed E-state index contributed by atoms with van der Waals surface area (Å²) in [6, 6.07) is 19.0. The first-order chi connectivity index (χ1) is 15.4. The van der Waals surface area contributed by atoms with Gasteiger partial charge in [-0.05, 0) is 55.0 Å². The van der Waals surface area contributed by atoms with E-state index in [0.29, 0.717) is 21.9 Å². The quantitative estimate of drug-likeness (QED) is 0.304. The zero-order chi connectivity index (χ0) is 22.7. The van der Waals surface area contributed by atoms with Crippen LogP contribution in [-0.4, -0.2) is 24.9 Å². The van der Waals surface area contributed by atoms with Crippen molar-refractivity contribution in [2.45, 2.75) is 6.92 Å². The second-order valence-corrected chi connectivity index (χ2v) is 7.39. The molecule has 1 aliphatic rings. The molecule has 0 saturated heterocycles. The first kappa shape index (κ1) is 21.3. The number of halogens is 1. The molecular weight excluding hydrogens is 430 g/mol. The average Bonchev–Trinajstić information content (AvgIpc) is 3.15. The molecule has 0 spiro atoms. The molecule has 0 saturated carbocycles. The number of carbonyl (C=O) groups is 2. The number of cyclic esters (lactones) is 1. The number of ether oxygens (including phenoxy) is 3. The van der Waals surface area contributed by atoms with E-state index in [1.807, 2.05) is 31.2 Å². The summed E-state index contributed by atoms with van der Waals surface area (Å²) in [4.78, 5) is 29.0. The molecule has 160 valence electrons. The Kier molecular flexibility index (Phi) is 6.05. The minimum absolute atomic E-state index is 0.156. The van der Waals surface area contributed by atoms with Crippen LogP contribution in [0.2, 0.25) is 5.02 Å². The van der Waals surface area contributed by atoms with Crippen LogP contribution >= 0.6 is 11.6 Å². The highest BCUT2D eigenvalue weighted by Gasteiger charge is 2.24. The van der Waals surface area contributed by atoms with E-state index in [2.05, 4.69) is 4.99 Å². The number of aryl methyl sites for hydroxylation is 1. The van der Waals surface area contributed by atoms with Crippen LogP contribution < -0.4 is 9.47 Å². The van der Waals surface area contributed by atoms with Gasteiger partial charge in [0.05, 0.1) is 17.7 Å². The second kappa shape index (κ2) is 9.08. The summed E-state index contributed by atoms with van der Waals surface area (Å²) in [7, 11) is 1.45. The van der Waals surface area contributed by atoms with Gasteiger partial charge in [-0.3, -0.25) is 0 Å². The summed E-state index contributed by atoms with van der Waals surface area (Å²) >= 11 is 6.06. The van der Waals surface area contributed by atoms with Crippen molar-refractivity contribution < 1.29 is 23.8 Å². The molecule has 3 aromatic carbocycles. The normalized spacial score (nSPS) is 14.2. The average molecular weight is 448 g/mol. The Morgan fingerprint density at radius 3 is 2.50 bits per heavy atom. The lowest BCUT2D eigenvalue weighted by Crippen LogP contribution is -2.09. The molecule has 4 rings (SSSR count). The third kappa shape index (κ3) is 4.55. The fraction of sp³-hybridized carbons (Fsp3) is 0.0800. The van der Waals surface area contributed by atoms with Gasteiger partial charge in [-0.1, -0.05) is 47.5 Å². The van der Waals surface area contributed by atoms with Crippen LogP contribution in [0.25, 0.3) is 6.08 Å². The highest BCUT2D eigenvalue weighted by atomic mass is 35.5. The van der Waals surface area contributed by atoms with Gasteiger partial charge in [-0.25, -0.2) is 14.6 Å². The second-order valence-electron chi connectivity index (χ2n) is 6.98. The van der Waals surface area contributed by atoms with Crippen LogP contribution in [0.3, 0.4) is 0 Å². The summed E-state index contributed by atoms with van der Waals surface area (Å²) in [6.07, 6.45) is 1.58. The van der Waals surface area contributed by atoms with Gasteiger partial charge in [-0.15, -0.1) is 0 Å². The molecule has 3 aromatic rings. The maximum atomic E-state index is 12.4. The number of hydrogen-bond donors (Lipinski definition) is 0. The molecule has 0 unspecified atom stereocenters. The molecule has 7 heteroatoms. The molecule has 1 heterocycles. The number of methoxy groups -OCH3 is 1. The maximum Gasteiger partial charge on any atom is 0.363 e. The molecule has 0 fully saturated rings. The van der Waals surface area contributed by atoms with Crippen LogP contribution in [0.1, 0.15) is 27.0 Å². The highest BCUT2D eigenvalue weighted by Crippen LogP contribution is 2.31. The van der Waals surface area contributed by atoms with Gasteiger partial charge in [0, 0.05) is 5.56 Å². The van der Waals surface area contributed by atoms with Gasteiger partial charge in [0.25, 0.3) is 0 Å². The van der Waals surface area contributed by atoms with Crippen molar-refractivity contribution in [2.75, 3.05) is 7.11 Å². The van der Waals surface area contributed by atoms with E-state index in [9.17, 15) is 9.59 Å². The number of rotatable bonds is 5. The first-order valence-electron chi connectivity index (χ1n) is 9.69. The first-order valence-corrected chi connectivity index (χ1v) is 10.1. The Morgan fingerprint density at radius 2 is 1.78 bits per heavy atom. The molecule has 6 nitrogen and oxygen atoms in total. The fourth-order valence-corrected chi connectivity index (χ4v) is 3.24. The Balaban J connectivity index is 1.58. The predicted molar refractivity (Wildman–Crippen MR) is 121 cm³/mol. The zero-order valence-corrected chi connectivity index (χ0v) is 18.1. The molecule has 32 heavy (non-hydrogen) atoms. The molecule has 1 aliphatic heterocycles. The van der Waals surface area contributed by atoms with Gasteiger partial charge in [0.15, 0.2) is 17.2 Å². The van der Waals surface area contributed by atoms with Crippen LogP contribution in [0.5, 0.6) is 11.5 Å². The third-order valence-electron chi connectivity index (χ3n) is 4.71. The van der Waals surface area contributed by atoms with Gasteiger partial charge < -0.3 is 14.2 Å². The van der Waals surface area contributed by atoms with E-state index < -0.39 is 11.9 Å². The third-order valence-corrected chi connectivity index (χ3v) is 5.04. The van der Waals surface area contributed by atoms with Crippen molar-refractivity contribution in [3.8, 4) is 11.5 Å². The minimum atomic E-state index is -0.605. The van der Waals surface area contributed by atoms with Crippen molar-refractivity contribution in [1.82, 2.24) is 0 Å². The summed E-state index contributed by atoms with van der Waals surface area (Å²) in [5.41, 5.74) is 2.83. The topological polar surface area (TPSA) is 74.2 Å². The molecule has 0 aromatic heterocycles. The van der Waals surface area contributed by atoms with Gasteiger partial charge in [0.1, 0.15) is 0 Å². The van der Waals surface area contributed by atoms with Crippen molar-refractivity contribution in [1.29, 1.82) is 0 Å². The van der Waals surface area contributed by atoms with E-state index >= 15 is 0 Å². The molecule has 0 N–H and O–H groups in total. The van der Waals surface area contributed by atoms with Gasteiger partial charge in [0.2, 0.25) is 5.90 Å². The van der Waals surface area contributed by atoms with Crippen molar-refractivity contribution in [2.24, 2.45) is 4.99 Å². The number of nitrogens with zero attached hydrogens (tertiary/aromatic N) is 1. The largest absolute Gasteiger partial charge is 0.493 e. The van der Waals surface area contributed by atoms with Gasteiger partial charge >= 0.3 is 11.9 Å². The van der Waals surface area contributed by atoms with Crippen LogP contribution in [0.15, 0.2) is 77.4 Å². The number of esters is 2. The Hall–Kier alpha value is -3.90. The van der Waals surface area contributed by atoms with Crippen molar-refractivity contribution in [3.63, 3.8) is 0 Å². The van der Waals surface area contributed by atoms with E-state index in [-0.39, 0.29) is 22.9 Å². The van der Waals surface area contributed by atoms with Crippen molar-refractivity contribution in [3.05, 3.63) is 99.7 Å². The summed E-state index contributed by atoms with van der Waals surface area (Å²) in [5.74, 6) is -0.370. The SMILES string of the molecule is COc1cc(/C=C2\N=C(c3ccc(C)cc3)OC2=O)ccc1OC(=O)c1ccccc1Cl. The lowest BCUT2D eigenvalue weighted by atomic mass is 10.1. The molecule has 0 bridgehead atoms. The zero-order valence-electron chi connectivity index (χ0n) is 17.3. The van der Waals surface area contributed by atoms with Gasteiger partial charge in [-0.2, -0.15) is 0 Å². The van der Waals surface area contributed by atoms with Crippen LogP contribution in [0.4, 0.5) is 0 Å². The molecular formula is C25H18ClNO5. The van der Waals surface area contributed by atoms with E-state index in [1.54, 1.807) is 48.5 Å². The van der Waals surface area contributed by atoms with Crippen LogP contribution in [0, 0.1) is 6.92 Å². The van der Waals surface area contributed by atoms with Crippen LogP contribution in [-0.2, 0) is 9.53 Å². The molecule has 0 radical (unpaired) electrons. The Bertz CT molecular complexity index is 1260. The molecule has 0 amide bonds. The minimum Gasteiger partial charge on any atom is -0.493 e. The Labute approximate surface area is 189 Å². The maximum absolute atomic E-state index is 12.4. The molecule has 0 atom stereocenters. The van der Waals surface area contributed by atoms with Crippen molar-refractivity contribution >= 4 is 35.5 Å². The number of benzene rings is 3. The number of hydrogen-bond acceptors (Lipinski definition) is 6. The number of aliphatic imine (C=N–C) groups is 1. The monoisotopic (exact) mass is 447 g/mol. The lowest BCUT2D eigenvalue weighted by molar-refractivity contribution is -0.129. The van der Waals surface area contributed by atoms with E-state index in [4.69, 9.17) is 25.8 Å². The van der Waals surface area contributed by atoms with E-state index in [0.717, 1.165) is 5.56 Å². The molecule has 0 aliphatic carbocycles. The highest BCUT2D eigenvalue weighted by molar-refractivity contribution is 6.33. The summed E-state index contributed by atoms with van der Waals surface area (Å²) in [5, 5.41) is 0.291. The predicted octanol–water partition coefficient (Wildman–Crippen LogP) is 5.22. The smallest absolute Gasteiger partial charge is 0.363 e. The fourth-order valence-electron chi connectivity index (χ4n) is 3.03. The summed E-state index contributed by atoms with van der Waals surface area (Å²) < 4.78 is 16.1. The summed E-state index contributed by atoms with van der Waals surface area (Å²) in [6.45, 7) is 1.97. The van der Waals surface area contributed by atoms with E-state index in [1.165, 1.54) is 7.11 Å². The standard InChI is InChI=1S/C25H18ClNO5/c1-15-7-10-17(11-8-15)23-27-20(25(29)32-23)13-16-9-12-21(22(14-16)30-2)31-24(28)18-5-3-4-6-19(18)26/h3-14H,1-2H3/b20-13-.